The second-order valence-corrected chi connectivity index (χ2v) is 1.87. The van der Waals surface area contributed by atoms with E-state index in [0.717, 1.165) is 13.1 Å². The van der Waals surface area contributed by atoms with Crippen molar-refractivity contribution in [3.8, 4) is 0 Å². The molecule has 4 heteroatoms. The van der Waals surface area contributed by atoms with Crippen molar-refractivity contribution in [2.75, 3.05) is 26.3 Å². The van der Waals surface area contributed by atoms with Crippen LogP contribution in [-0.4, -0.2) is 32.2 Å². The van der Waals surface area contributed by atoms with Gasteiger partial charge in [0.05, 0.1) is 6.61 Å². The molecular formula is C6H14N2O2. The lowest BCUT2D eigenvalue weighted by atomic mass is 10.6. The zero-order chi connectivity index (χ0) is 7.82. The summed E-state index contributed by atoms with van der Waals surface area (Å²) in [7, 11) is 0. The van der Waals surface area contributed by atoms with E-state index in [1.165, 1.54) is 0 Å². The minimum atomic E-state index is -0.420. The second-order valence-electron chi connectivity index (χ2n) is 1.87. The summed E-state index contributed by atoms with van der Waals surface area (Å²) in [5.74, 6) is -0.420. The van der Waals surface area contributed by atoms with Gasteiger partial charge in [0.15, 0.2) is 0 Å². The topological polar surface area (TPSA) is 64.3 Å². The van der Waals surface area contributed by atoms with E-state index in [-0.39, 0.29) is 6.61 Å². The quantitative estimate of drug-likeness (QED) is 0.477. The van der Waals surface area contributed by atoms with Gasteiger partial charge in [-0.2, -0.15) is 0 Å². The standard InChI is InChI=1S/C6H14N2O2/c1-2-8-3-4-10-5-6(7)9/h8H,2-5H2,1H3,(H2,7,9). The molecule has 0 heterocycles. The molecule has 0 saturated heterocycles. The summed E-state index contributed by atoms with van der Waals surface area (Å²) in [6.07, 6.45) is 0. The Kier molecular flexibility index (Phi) is 6.11. The molecule has 3 N–H and O–H groups in total. The normalized spacial score (nSPS) is 9.70. The van der Waals surface area contributed by atoms with Crippen molar-refractivity contribution in [1.82, 2.24) is 5.32 Å². The van der Waals surface area contributed by atoms with Crippen molar-refractivity contribution < 1.29 is 9.53 Å². The van der Waals surface area contributed by atoms with E-state index in [1.54, 1.807) is 0 Å². The zero-order valence-electron chi connectivity index (χ0n) is 6.22. The fourth-order valence-electron chi connectivity index (χ4n) is 0.494. The zero-order valence-corrected chi connectivity index (χ0v) is 6.22. The van der Waals surface area contributed by atoms with Gasteiger partial charge >= 0.3 is 0 Å². The maximum Gasteiger partial charge on any atom is 0.243 e. The van der Waals surface area contributed by atoms with Gasteiger partial charge in [0.25, 0.3) is 0 Å². The molecule has 4 nitrogen and oxygen atoms in total. The van der Waals surface area contributed by atoms with E-state index in [1.807, 2.05) is 6.92 Å². The predicted octanol–water partition coefficient (Wildman–Crippen LogP) is -0.902. The molecule has 0 aromatic carbocycles. The van der Waals surface area contributed by atoms with Gasteiger partial charge in [0, 0.05) is 6.54 Å². The molecule has 0 aliphatic rings. The molecule has 0 unspecified atom stereocenters. The van der Waals surface area contributed by atoms with E-state index in [4.69, 9.17) is 10.5 Å². The molecule has 0 rings (SSSR count). The Morgan fingerprint density at radius 3 is 2.90 bits per heavy atom. The third kappa shape index (κ3) is 7.39. The molecule has 0 aliphatic heterocycles. The maximum atomic E-state index is 10.1. The van der Waals surface area contributed by atoms with E-state index >= 15 is 0 Å². The minimum absolute atomic E-state index is 0.0192. The van der Waals surface area contributed by atoms with Gasteiger partial charge in [-0.25, -0.2) is 0 Å². The van der Waals surface area contributed by atoms with Gasteiger partial charge in [0.2, 0.25) is 5.91 Å². The number of primary amides is 1. The Morgan fingerprint density at radius 1 is 1.70 bits per heavy atom. The highest BCUT2D eigenvalue weighted by Crippen LogP contribution is 1.70. The highest BCUT2D eigenvalue weighted by Gasteiger charge is 1.91. The highest BCUT2D eigenvalue weighted by molar-refractivity contribution is 5.74. The van der Waals surface area contributed by atoms with Gasteiger partial charge < -0.3 is 15.8 Å². The number of rotatable bonds is 6. The molecule has 1 amide bonds. The summed E-state index contributed by atoms with van der Waals surface area (Å²) >= 11 is 0. The number of hydrogen-bond donors (Lipinski definition) is 2. The van der Waals surface area contributed by atoms with Crippen LogP contribution in [0.3, 0.4) is 0 Å². The molecule has 10 heavy (non-hydrogen) atoms. The number of hydrogen-bond acceptors (Lipinski definition) is 3. The molecular weight excluding hydrogens is 132 g/mol. The van der Waals surface area contributed by atoms with Crippen LogP contribution in [0.2, 0.25) is 0 Å². The van der Waals surface area contributed by atoms with Crippen LogP contribution in [-0.2, 0) is 9.53 Å². The molecule has 0 aromatic rings. The largest absolute Gasteiger partial charge is 0.370 e. The van der Waals surface area contributed by atoms with Crippen LogP contribution in [0.15, 0.2) is 0 Å². The summed E-state index contributed by atoms with van der Waals surface area (Å²) in [5.41, 5.74) is 4.82. The van der Waals surface area contributed by atoms with Crippen LogP contribution in [0.1, 0.15) is 6.92 Å². The van der Waals surface area contributed by atoms with Crippen molar-refractivity contribution >= 4 is 5.91 Å². The molecule has 0 spiro atoms. The number of nitrogens with one attached hydrogen (secondary N) is 1. The number of carbonyl (C=O) groups excluding carboxylic acids is 1. The maximum absolute atomic E-state index is 10.1. The van der Waals surface area contributed by atoms with Crippen molar-refractivity contribution in [2.24, 2.45) is 5.73 Å². The summed E-state index contributed by atoms with van der Waals surface area (Å²) in [5, 5.41) is 3.04. The van der Waals surface area contributed by atoms with Gasteiger partial charge in [-0.05, 0) is 6.54 Å². The molecule has 0 saturated carbocycles. The first-order valence-electron chi connectivity index (χ1n) is 3.34. The Labute approximate surface area is 60.7 Å². The Morgan fingerprint density at radius 2 is 2.40 bits per heavy atom. The lowest BCUT2D eigenvalue weighted by Crippen LogP contribution is -2.23. The van der Waals surface area contributed by atoms with Gasteiger partial charge in [-0.1, -0.05) is 6.92 Å². The van der Waals surface area contributed by atoms with Crippen LogP contribution in [0, 0.1) is 0 Å². The molecule has 0 fully saturated rings. The number of ether oxygens (including phenoxy) is 1. The van der Waals surface area contributed by atoms with Crippen molar-refractivity contribution in [1.29, 1.82) is 0 Å². The molecule has 60 valence electrons. The Hall–Kier alpha value is -0.610. The smallest absolute Gasteiger partial charge is 0.243 e. The lowest BCUT2D eigenvalue weighted by Gasteiger charge is -2.00. The summed E-state index contributed by atoms with van der Waals surface area (Å²) < 4.78 is 4.86. The SMILES string of the molecule is CCNCCOCC(N)=O. The van der Waals surface area contributed by atoms with E-state index in [2.05, 4.69) is 5.32 Å². The minimum Gasteiger partial charge on any atom is -0.370 e. The average Bonchev–Trinajstić information content (AvgIpc) is 1.87. The summed E-state index contributed by atoms with van der Waals surface area (Å²) in [6.45, 7) is 4.25. The van der Waals surface area contributed by atoms with Crippen LogP contribution >= 0.6 is 0 Å². The molecule has 0 bridgehead atoms. The third-order valence-electron chi connectivity index (χ3n) is 0.917. The first-order valence-corrected chi connectivity index (χ1v) is 3.34. The van der Waals surface area contributed by atoms with E-state index in [0.29, 0.717) is 6.61 Å². The Balaban J connectivity index is 2.84. The van der Waals surface area contributed by atoms with Crippen LogP contribution in [0.4, 0.5) is 0 Å². The van der Waals surface area contributed by atoms with Gasteiger partial charge in [-0.15, -0.1) is 0 Å². The van der Waals surface area contributed by atoms with Crippen LogP contribution in [0.5, 0.6) is 0 Å². The van der Waals surface area contributed by atoms with Crippen molar-refractivity contribution in [3.05, 3.63) is 0 Å². The molecule has 0 radical (unpaired) electrons. The Bertz CT molecular complexity index is 95.7. The monoisotopic (exact) mass is 146 g/mol. The third-order valence-corrected chi connectivity index (χ3v) is 0.917. The first kappa shape index (κ1) is 9.39. The van der Waals surface area contributed by atoms with Crippen molar-refractivity contribution in [3.63, 3.8) is 0 Å². The average molecular weight is 146 g/mol. The summed E-state index contributed by atoms with van der Waals surface area (Å²) in [4.78, 5) is 10.1. The fraction of sp³-hybridized carbons (Fsp3) is 0.833. The highest BCUT2D eigenvalue weighted by atomic mass is 16.5. The molecule has 0 aromatic heterocycles. The van der Waals surface area contributed by atoms with Crippen LogP contribution in [0.25, 0.3) is 0 Å². The first-order chi connectivity index (χ1) is 4.77. The molecule has 0 atom stereocenters. The fourth-order valence-corrected chi connectivity index (χ4v) is 0.494. The van der Waals surface area contributed by atoms with Gasteiger partial charge in [-0.3, -0.25) is 4.79 Å². The number of likely N-dealkylation sites (N-methyl/N-ethyl adjacent to an activating group) is 1. The van der Waals surface area contributed by atoms with Gasteiger partial charge in [0.1, 0.15) is 6.61 Å². The molecule has 0 aliphatic carbocycles. The van der Waals surface area contributed by atoms with Crippen molar-refractivity contribution in [2.45, 2.75) is 6.92 Å². The number of nitrogens with two attached hydrogens (primary N) is 1. The van der Waals surface area contributed by atoms with E-state index in [9.17, 15) is 4.79 Å². The lowest BCUT2D eigenvalue weighted by molar-refractivity contribution is -0.122. The van der Waals surface area contributed by atoms with E-state index < -0.39 is 5.91 Å². The van der Waals surface area contributed by atoms with Crippen LogP contribution < -0.4 is 11.1 Å². The second kappa shape index (κ2) is 6.51. The number of carbonyl (C=O) groups is 1. The summed E-state index contributed by atoms with van der Waals surface area (Å²) in [6, 6.07) is 0. The number of amides is 1. The predicted molar refractivity (Wildman–Crippen MR) is 38.6 cm³/mol.